The van der Waals surface area contributed by atoms with Gasteiger partial charge in [-0.2, -0.15) is 0 Å². The average Bonchev–Trinajstić information content (AvgIpc) is 2.15. The van der Waals surface area contributed by atoms with Crippen LogP contribution < -0.4 is 5.73 Å². The van der Waals surface area contributed by atoms with E-state index in [1.165, 1.54) is 6.26 Å². The van der Waals surface area contributed by atoms with E-state index >= 15 is 0 Å². The van der Waals surface area contributed by atoms with Gasteiger partial charge in [0.15, 0.2) is 9.84 Å². The first-order chi connectivity index (χ1) is 7.79. The van der Waals surface area contributed by atoms with E-state index in [0.29, 0.717) is 10.8 Å². The fraction of sp³-hybridized carbons (Fsp3) is 0.538. The highest BCUT2D eigenvalue weighted by Gasteiger charge is 2.09. The summed E-state index contributed by atoms with van der Waals surface area (Å²) in [7, 11) is -3.10. The number of sulfone groups is 1. The average molecular weight is 255 g/mol. The minimum Gasteiger partial charge on any atom is -0.327 e. The third-order valence-corrected chi connectivity index (χ3v) is 3.75. The van der Waals surface area contributed by atoms with Crippen LogP contribution in [0.2, 0.25) is 0 Å². The fourth-order valence-corrected chi connectivity index (χ4v) is 2.49. The molecule has 1 atom stereocenters. The van der Waals surface area contributed by atoms with Gasteiger partial charge in [0.2, 0.25) is 0 Å². The van der Waals surface area contributed by atoms with Gasteiger partial charge < -0.3 is 5.73 Å². The molecule has 0 bridgehead atoms. The van der Waals surface area contributed by atoms with E-state index in [1.54, 1.807) is 12.1 Å². The first-order valence-electron chi connectivity index (χ1n) is 5.83. The summed E-state index contributed by atoms with van der Waals surface area (Å²) in [6.45, 7) is 4.29. The summed E-state index contributed by atoms with van der Waals surface area (Å²) in [6, 6.07) is 7.12. The molecule has 0 saturated heterocycles. The van der Waals surface area contributed by atoms with Gasteiger partial charge in [0.1, 0.15) is 0 Å². The molecule has 1 unspecified atom stereocenters. The smallest absolute Gasteiger partial charge is 0.175 e. The summed E-state index contributed by atoms with van der Waals surface area (Å²) in [5, 5.41) is 0. The Balaban J connectivity index is 2.69. The van der Waals surface area contributed by atoms with Gasteiger partial charge in [-0.1, -0.05) is 26.0 Å². The van der Waals surface area contributed by atoms with Crippen LogP contribution in [0.1, 0.15) is 25.8 Å². The quantitative estimate of drug-likeness (QED) is 0.875. The molecule has 1 aromatic rings. The van der Waals surface area contributed by atoms with Gasteiger partial charge in [-0.15, -0.1) is 0 Å². The lowest BCUT2D eigenvalue weighted by molar-refractivity contribution is 0.493. The number of hydrogen-bond donors (Lipinski definition) is 1. The van der Waals surface area contributed by atoms with Crippen LogP contribution in [0.15, 0.2) is 29.2 Å². The summed E-state index contributed by atoms with van der Waals surface area (Å²) in [5.41, 5.74) is 7.10. The fourth-order valence-electron chi connectivity index (χ4n) is 1.86. The Kier molecular flexibility index (Phi) is 4.71. The van der Waals surface area contributed by atoms with Crippen molar-refractivity contribution in [2.75, 3.05) is 6.26 Å². The van der Waals surface area contributed by atoms with E-state index in [9.17, 15) is 8.42 Å². The van der Waals surface area contributed by atoms with Crippen LogP contribution in [0.4, 0.5) is 0 Å². The van der Waals surface area contributed by atoms with Crippen molar-refractivity contribution in [3.63, 3.8) is 0 Å². The van der Waals surface area contributed by atoms with E-state index in [0.717, 1.165) is 18.4 Å². The van der Waals surface area contributed by atoms with Crippen LogP contribution in [-0.2, 0) is 16.3 Å². The van der Waals surface area contributed by atoms with Crippen molar-refractivity contribution in [3.8, 4) is 0 Å². The molecule has 0 heterocycles. The van der Waals surface area contributed by atoms with Gasteiger partial charge >= 0.3 is 0 Å². The van der Waals surface area contributed by atoms with E-state index in [4.69, 9.17) is 5.73 Å². The summed E-state index contributed by atoms with van der Waals surface area (Å²) in [6.07, 6.45) is 2.99. The van der Waals surface area contributed by atoms with Crippen LogP contribution in [0.25, 0.3) is 0 Å². The highest BCUT2D eigenvalue weighted by Crippen LogP contribution is 2.13. The third kappa shape index (κ3) is 4.88. The number of rotatable bonds is 5. The van der Waals surface area contributed by atoms with Crippen LogP contribution in [-0.4, -0.2) is 20.7 Å². The molecule has 0 aliphatic carbocycles. The minimum atomic E-state index is -3.10. The molecule has 0 spiro atoms. The van der Waals surface area contributed by atoms with Crippen LogP contribution in [0.3, 0.4) is 0 Å². The zero-order valence-electron chi connectivity index (χ0n) is 10.7. The molecule has 0 aliphatic rings. The third-order valence-electron chi connectivity index (χ3n) is 2.62. The van der Waals surface area contributed by atoms with Crippen molar-refractivity contribution in [1.82, 2.24) is 0 Å². The summed E-state index contributed by atoms with van der Waals surface area (Å²) < 4.78 is 22.6. The molecule has 0 aromatic heterocycles. The van der Waals surface area contributed by atoms with Crippen molar-refractivity contribution in [2.45, 2.75) is 37.6 Å². The maximum absolute atomic E-state index is 11.3. The second-order valence-electron chi connectivity index (χ2n) is 5.01. The van der Waals surface area contributed by atoms with Crippen molar-refractivity contribution >= 4 is 9.84 Å². The molecule has 96 valence electrons. The Morgan fingerprint density at radius 1 is 1.18 bits per heavy atom. The molecule has 2 N–H and O–H groups in total. The topological polar surface area (TPSA) is 60.2 Å². The van der Waals surface area contributed by atoms with Gasteiger partial charge in [0, 0.05) is 12.3 Å². The monoisotopic (exact) mass is 255 g/mol. The molecule has 0 radical (unpaired) electrons. The first-order valence-corrected chi connectivity index (χ1v) is 7.72. The standard InChI is InChI=1S/C13H21NO2S/c1-10(2)8-12(14)9-11-4-6-13(7-5-11)17(3,15)16/h4-7,10,12H,8-9,14H2,1-3H3. The number of hydrogen-bond acceptors (Lipinski definition) is 3. The predicted octanol–water partition coefficient (Wildman–Crippen LogP) is 2.01. The molecule has 0 amide bonds. The number of benzene rings is 1. The van der Waals surface area contributed by atoms with E-state index < -0.39 is 9.84 Å². The summed E-state index contributed by atoms with van der Waals surface area (Å²) in [5.74, 6) is 0.584. The SMILES string of the molecule is CC(C)CC(N)Cc1ccc(S(C)(=O)=O)cc1. The summed E-state index contributed by atoms with van der Waals surface area (Å²) in [4.78, 5) is 0.360. The first kappa shape index (κ1) is 14.2. The molecular weight excluding hydrogens is 234 g/mol. The Labute approximate surface area is 104 Å². The Bertz CT molecular complexity index is 449. The van der Waals surface area contributed by atoms with Gasteiger partial charge in [-0.05, 0) is 36.5 Å². The van der Waals surface area contributed by atoms with E-state index in [2.05, 4.69) is 13.8 Å². The van der Waals surface area contributed by atoms with Crippen molar-refractivity contribution in [1.29, 1.82) is 0 Å². The van der Waals surface area contributed by atoms with Crippen molar-refractivity contribution in [2.24, 2.45) is 11.7 Å². The van der Waals surface area contributed by atoms with Crippen molar-refractivity contribution in [3.05, 3.63) is 29.8 Å². The Morgan fingerprint density at radius 3 is 2.12 bits per heavy atom. The highest BCUT2D eigenvalue weighted by molar-refractivity contribution is 7.90. The largest absolute Gasteiger partial charge is 0.327 e. The lowest BCUT2D eigenvalue weighted by atomic mass is 9.98. The van der Waals surface area contributed by atoms with Gasteiger partial charge in [0.05, 0.1) is 4.90 Å². The molecule has 1 rings (SSSR count). The molecule has 0 fully saturated rings. The molecule has 0 aliphatic heterocycles. The Morgan fingerprint density at radius 2 is 1.71 bits per heavy atom. The second kappa shape index (κ2) is 5.65. The molecule has 0 saturated carbocycles. The van der Waals surface area contributed by atoms with Gasteiger partial charge in [-0.25, -0.2) is 8.42 Å². The second-order valence-corrected chi connectivity index (χ2v) is 7.03. The summed E-state index contributed by atoms with van der Waals surface area (Å²) >= 11 is 0. The molecule has 4 heteroatoms. The molecule has 3 nitrogen and oxygen atoms in total. The Hall–Kier alpha value is -0.870. The van der Waals surface area contributed by atoms with Gasteiger partial charge in [-0.3, -0.25) is 0 Å². The van der Waals surface area contributed by atoms with Crippen LogP contribution in [0, 0.1) is 5.92 Å². The van der Waals surface area contributed by atoms with Crippen LogP contribution >= 0.6 is 0 Å². The molecule has 1 aromatic carbocycles. The zero-order valence-corrected chi connectivity index (χ0v) is 11.5. The van der Waals surface area contributed by atoms with E-state index in [-0.39, 0.29) is 6.04 Å². The maximum Gasteiger partial charge on any atom is 0.175 e. The molecule has 17 heavy (non-hydrogen) atoms. The van der Waals surface area contributed by atoms with Gasteiger partial charge in [0.25, 0.3) is 0 Å². The van der Waals surface area contributed by atoms with E-state index in [1.807, 2.05) is 12.1 Å². The lowest BCUT2D eigenvalue weighted by Crippen LogP contribution is -2.24. The van der Waals surface area contributed by atoms with Crippen LogP contribution in [0.5, 0.6) is 0 Å². The lowest BCUT2D eigenvalue weighted by Gasteiger charge is -2.14. The molecular formula is C13H21NO2S. The minimum absolute atomic E-state index is 0.138. The highest BCUT2D eigenvalue weighted by atomic mass is 32.2. The van der Waals surface area contributed by atoms with Crippen molar-refractivity contribution < 1.29 is 8.42 Å². The zero-order chi connectivity index (χ0) is 13.1. The predicted molar refractivity (Wildman–Crippen MR) is 70.7 cm³/mol. The number of nitrogens with two attached hydrogens (primary N) is 1. The maximum atomic E-state index is 11.3. The normalized spacial score (nSPS) is 13.9.